The van der Waals surface area contributed by atoms with Gasteiger partial charge in [-0.2, -0.15) is 0 Å². The zero-order valence-electron chi connectivity index (χ0n) is 35.7. The van der Waals surface area contributed by atoms with Gasteiger partial charge in [0.2, 0.25) is 0 Å². The summed E-state index contributed by atoms with van der Waals surface area (Å²) in [6.07, 6.45) is 0. The largest absolute Gasteiger partial charge is 0.311 e. The van der Waals surface area contributed by atoms with Crippen LogP contribution in [0.2, 0.25) is 0 Å². The highest BCUT2D eigenvalue weighted by Gasteiger charge is 2.19. The molecule has 0 amide bonds. The summed E-state index contributed by atoms with van der Waals surface area (Å²) in [7, 11) is 0. The molecule has 0 saturated carbocycles. The van der Waals surface area contributed by atoms with Crippen LogP contribution in [0.1, 0.15) is 22.3 Å². The maximum absolute atomic E-state index is 2.33. The van der Waals surface area contributed by atoms with Crippen LogP contribution >= 0.6 is 0 Å². The van der Waals surface area contributed by atoms with Gasteiger partial charge in [-0.05, 0) is 196 Å². The fraction of sp³-hybridized carbons (Fsp3) is 0.0690. The summed E-state index contributed by atoms with van der Waals surface area (Å²) in [6, 6.07) is 82.7. The molecule has 0 aliphatic heterocycles. The van der Waals surface area contributed by atoms with Crippen LogP contribution < -0.4 is 19.6 Å². The van der Waals surface area contributed by atoms with E-state index < -0.39 is 0 Å². The van der Waals surface area contributed by atoms with Gasteiger partial charge >= 0.3 is 0 Å². The van der Waals surface area contributed by atoms with Gasteiger partial charge in [0.1, 0.15) is 0 Å². The Labute approximate surface area is 366 Å². The van der Waals surface area contributed by atoms with E-state index in [1.165, 1.54) is 22.3 Å². The van der Waals surface area contributed by atoms with E-state index in [1.54, 1.807) is 0 Å². The van der Waals surface area contributed by atoms with E-state index >= 15 is 0 Å². The van der Waals surface area contributed by atoms with Crippen LogP contribution in [0.15, 0.2) is 231 Å². The molecule has 0 radical (unpaired) electrons. The molecular weight excluding hydrogens is 753 g/mol. The summed E-state index contributed by atoms with van der Waals surface area (Å²) in [4.78, 5) is 9.31. The highest BCUT2D eigenvalue weighted by Crippen LogP contribution is 2.43. The van der Waals surface area contributed by atoms with E-state index in [9.17, 15) is 0 Å². The quantitative estimate of drug-likeness (QED) is 0.122. The summed E-state index contributed by atoms with van der Waals surface area (Å²) < 4.78 is 0. The smallest absolute Gasteiger partial charge is 0.0464 e. The molecule has 0 atom stereocenters. The van der Waals surface area contributed by atoms with Gasteiger partial charge in [-0.1, -0.05) is 84.9 Å². The maximum atomic E-state index is 2.33. The third kappa shape index (κ3) is 8.58. The molecule has 0 heterocycles. The number of hydrogen-bond donors (Lipinski definition) is 0. The Morgan fingerprint density at radius 1 is 0.177 bits per heavy atom. The van der Waals surface area contributed by atoms with Crippen molar-refractivity contribution < 1.29 is 0 Å². The Balaban J connectivity index is 1.07. The average molecular weight is 803 g/mol. The molecule has 0 bridgehead atoms. The predicted octanol–water partition coefficient (Wildman–Crippen LogP) is 16.8. The van der Waals surface area contributed by atoms with Gasteiger partial charge in [0.15, 0.2) is 0 Å². The summed E-state index contributed by atoms with van der Waals surface area (Å²) in [5.41, 5.74) is 18.1. The molecule has 9 aromatic rings. The van der Waals surface area contributed by atoms with Crippen LogP contribution in [-0.4, -0.2) is 0 Å². The number of benzene rings is 9. The highest BCUT2D eigenvalue weighted by molar-refractivity contribution is 5.85. The second-order valence-corrected chi connectivity index (χ2v) is 15.9. The molecule has 4 heteroatoms. The molecular formula is C58H50N4. The van der Waals surface area contributed by atoms with Crippen molar-refractivity contribution in [2.75, 3.05) is 19.6 Å². The third-order valence-electron chi connectivity index (χ3n) is 11.2. The van der Waals surface area contributed by atoms with Crippen LogP contribution in [0, 0.1) is 27.7 Å². The van der Waals surface area contributed by atoms with Gasteiger partial charge in [-0.3, -0.25) is 0 Å². The maximum Gasteiger partial charge on any atom is 0.0464 e. The van der Waals surface area contributed by atoms with Gasteiger partial charge < -0.3 is 19.6 Å². The van der Waals surface area contributed by atoms with Crippen LogP contribution in [0.25, 0.3) is 0 Å². The van der Waals surface area contributed by atoms with Crippen molar-refractivity contribution in [3.05, 3.63) is 253 Å². The van der Waals surface area contributed by atoms with Crippen LogP contribution in [0.4, 0.5) is 68.2 Å². The molecule has 0 fully saturated rings. The summed E-state index contributed by atoms with van der Waals surface area (Å²) >= 11 is 0. The third-order valence-corrected chi connectivity index (χ3v) is 11.2. The van der Waals surface area contributed by atoms with Gasteiger partial charge in [-0.25, -0.2) is 0 Å². The van der Waals surface area contributed by atoms with E-state index in [0.29, 0.717) is 0 Å². The number of aryl methyl sites for hydroxylation is 4. The lowest BCUT2D eigenvalue weighted by molar-refractivity contribution is 1.23. The summed E-state index contributed by atoms with van der Waals surface area (Å²) in [6.45, 7) is 8.58. The van der Waals surface area contributed by atoms with E-state index in [-0.39, 0.29) is 0 Å². The minimum absolute atomic E-state index is 1.07. The van der Waals surface area contributed by atoms with Crippen molar-refractivity contribution in [1.82, 2.24) is 0 Å². The van der Waals surface area contributed by atoms with Crippen LogP contribution in [-0.2, 0) is 0 Å². The van der Waals surface area contributed by atoms with Crippen LogP contribution in [0.5, 0.6) is 0 Å². The first kappa shape index (κ1) is 39.6. The van der Waals surface area contributed by atoms with E-state index in [1.807, 2.05) is 0 Å². The molecule has 0 aliphatic rings. The van der Waals surface area contributed by atoms with Crippen molar-refractivity contribution in [2.45, 2.75) is 27.7 Å². The second kappa shape index (κ2) is 17.8. The molecule has 4 nitrogen and oxygen atoms in total. The molecule has 0 aliphatic carbocycles. The Bertz CT molecular complexity index is 2600. The van der Waals surface area contributed by atoms with Crippen molar-refractivity contribution in [1.29, 1.82) is 0 Å². The number of rotatable bonds is 12. The zero-order chi connectivity index (χ0) is 42.4. The average Bonchev–Trinajstić information content (AvgIpc) is 3.29. The van der Waals surface area contributed by atoms with E-state index in [0.717, 1.165) is 68.2 Å². The Hall–Kier alpha value is -7.82. The molecule has 0 spiro atoms. The lowest BCUT2D eigenvalue weighted by Crippen LogP contribution is -2.13. The monoisotopic (exact) mass is 802 g/mol. The Morgan fingerprint density at radius 2 is 0.355 bits per heavy atom. The molecule has 302 valence electrons. The lowest BCUT2D eigenvalue weighted by atomic mass is 10.1. The Kier molecular flexibility index (Phi) is 11.4. The van der Waals surface area contributed by atoms with Crippen molar-refractivity contribution in [2.24, 2.45) is 0 Å². The number of anilines is 12. The summed E-state index contributed by atoms with van der Waals surface area (Å²) in [5, 5.41) is 0. The minimum Gasteiger partial charge on any atom is -0.311 e. The van der Waals surface area contributed by atoms with Crippen molar-refractivity contribution in [3.8, 4) is 0 Å². The first-order valence-corrected chi connectivity index (χ1v) is 21.3. The predicted molar refractivity (Wildman–Crippen MR) is 264 cm³/mol. The molecule has 9 aromatic carbocycles. The fourth-order valence-corrected chi connectivity index (χ4v) is 8.26. The zero-order valence-corrected chi connectivity index (χ0v) is 35.7. The SMILES string of the molecule is Cc1cccc(N(c2ccc(N(c3ccccc3)c3ccc(N(c4ccccc4)c4ccc(N(c5cccc(C)c5)c5cccc(C)c5)cc4)cc3)cc2)c2cccc(C)c2)c1. The van der Waals surface area contributed by atoms with E-state index in [4.69, 9.17) is 0 Å². The molecule has 0 aromatic heterocycles. The van der Waals surface area contributed by atoms with Gasteiger partial charge in [0.05, 0.1) is 0 Å². The standard InChI is InChI=1S/C58H50N4/c1-43-15-11-23-55(39-43)61(56-24-12-16-44(2)40-56)53-35-31-51(32-36-53)59(47-19-7-5-8-20-47)49-27-29-50(30-28-49)60(48-21-9-6-10-22-48)52-33-37-54(38-34-52)62(57-25-13-17-45(3)41-57)58-26-14-18-46(4)42-58/h5-42H,1-4H3. The second-order valence-electron chi connectivity index (χ2n) is 15.9. The number of para-hydroxylation sites is 2. The van der Waals surface area contributed by atoms with Crippen LogP contribution in [0.3, 0.4) is 0 Å². The van der Waals surface area contributed by atoms with E-state index in [2.05, 4.69) is 278 Å². The van der Waals surface area contributed by atoms with Gasteiger partial charge in [0, 0.05) is 68.2 Å². The topological polar surface area (TPSA) is 13.0 Å². The first-order valence-electron chi connectivity index (χ1n) is 21.3. The molecule has 62 heavy (non-hydrogen) atoms. The number of nitrogens with zero attached hydrogens (tertiary/aromatic N) is 4. The normalized spacial score (nSPS) is 10.9. The minimum atomic E-state index is 1.07. The summed E-state index contributed by atoms with van der Waals surface area (Å²) in [5.74, 6) is 0. The first-order chi connectivity index (χ1) is 30.4. The highest BCUT2D eigenvalue weighted by atomic mass is 15.2. The number of hydrogen-bond acceptors (Lipinski definition) is 4. The molecule has 0 N–H and O–H groups in total. The van der Waals surface area contributed by atoms with Gasteiger partial charge in [-0.15, -0.1) is 0 Å². The molecule has 9 rings (SSSR count). The molecule has 0 unspecified atom stereocenters. The van der Waals surface area contributed by atoms with Crippen molar-refractivity contribution >= 4 is 68.2 Å². The molecule has 0 saturated heterocycles. The van der Waals surface area contributed by atoms with Gasteiger partial charge in [0.25, 0.3) is 0 Å². The Morgan fingerprint density at radius 3 is 0.565 bits per heavy atom. The lowest BCUT2D eigenvalue weighted by Gasteiger charge is -2.30. The fourth-order valence-electron chi connectivity index (χ4n) is 8.26. The van der Waals surface area contributed by atoms with Crippen molar-refractivity contribution in [3.63, 3.8) is 0 Å².